The SMILES string of the molecule is CN1CC2C3=NC(=C(c4c(F)c(F)c(F)c(F)c4F)c4ccc([nH]4)C(c4c(F)c(F)c(F)c(F)c4F)=C4C=CC(=N4)C(c4c(F)c(F)c(F)c(F)c4F)=c4ccc([nH]4)=C(c4c(F)c(F)c(F)c(F)c4F)C4=NC(=C(c5c(F)c(F)c(F)c(F)c5F)c5ccc([nH]5)C(c5c(F)c(F)c(F)c(F)c5F)=C5C=CC(=N5)C(c5c(F)c(F)c(F)c(F)c5F)=c5ccc([nH]5)=C3c3c(F)c(F)c(F)c(F)c3F)C=C4)C2C1. The van der Waals surface area contributed by atoms with E-state index in [9.17, 15) is 0 Å². The van der Waals surface area contributed by atoms with Crippen LogP contribution in [0.25, 0.3) is 44.6 Å². The molecular weight excluding hydrogens is 1980 g/mol. The van der Waals surface area contributed by atoms with Crippen LogP contribution in [0.3, 0.4) is 0 Å². The van der Waals surface area contributed by atoms with E-state index in [0.29, 0.717) is 24.3 Å². The summed E-state index contributed by atoms with van der Waals surface area (Å²) in [5.74, 6) is -124. The van der Waals surface area contributed by atoms with Gasteiger partial charge in [0.1, 0.15) is 0 Å². The second-order valence-electron chi connectivity index (χ2n) is 30.7. The van der Waals surface area contributed by atoms with Crippen LogP contribution in [0.2, 0.25) is 0 Å². The van der Waals surface area contributed by atoms with Gasteiger partial charge in [-0.15, -0.1) is 0 Å². The molecule has 6 aliphatic rings. The number of benzene rings is 8. The smallest absolute Gasteiger partial charge is 0.200 e. The largest absolute Gasteiger partial charge is 0.354 e. The van der Waals surface area contributed by atoms with Crippen molar-refractivity contribution in [2.45, 2.75) is 0 Å². The lowest BCUT2D eigenvalue weighted by Crippen LogP contribution is -2.28. The number of halogens is 40. The molecule has 0 radical (unpaired) electrons. The Kier molecular flexibility index (Phi) is 23.0. The van der Waals surface area contributed by atoms with E-state index in [2.05, 4.69) is 29.9 Å². The van der Waals surface area contributed by atoms with Crippen molar-refractivity contribution in [1.82, 2.24) is 24.8 Å². The quantitative estimate of drug-likeness (QED) is 0.0677. The Morgan fingerprint density at radius 3 is 0.600 bits per heavy atom. The van der Waals surface area contributed by atoms with Crippen molar-refractivity contribution in [1.29, 1.82) is 0 Å². The highest BCUT2D eigenvalue weighted by Crippen LogP contribution is 2.51. The molecule has 0 spiro atoms. The highest BCUT2D eigenvalue weighted by Gasteiger charge is 2.49. The molecule has 140 heavy (non-hydrogen) atoms. The molecule has 4 aromatic heterocycles. The second kappa shape index (κ2) is 33.9. The first-order chi connectivity index (χ1) is 66.1. The molecule has 49 heteroatoms. The summed E-state index contributed by atoms with van der Waals surface area (Å²) in [5, 5.41) is -5.75. The summed E-state index contributed by atoms with van der Waals surface area (Å²) >= 11 is 0. The Morgan fingerprint density at radius 2 is 0.371 bits per heavy atom. The third-order valence-corrected chi connectivity index (χ3v) is 23.0. The van der Waals surface area contributed by atoms with Gasteiger partial charge in [-0.3, -0.25) is 4.99 Å². The van der Waals surface area contributed by atoms with Crippen LogP contribution in [-0.2, 0) is 0 Å². The number of rotatable bonds is 8. The van der Waals surface area contributed by atoms with Crippen LogP contribution in [0.1, 0.15) is 67.3 Å². The molecule has 18 rings (SSSR count). The molecule has 2 atom stereocenters. The summed E-state index contributed by atoms with van der Waals surface area (Å²) in [4.78, 5) is 25.3. The fraction of sp³-hybridized carbons (Fsp3) is 0.0549. The number of H-pyrrole nitrogens is 4. The first-order valence-corrected chi connectivity index (χ1v) is 38.5. The summed E-state index contributed by atoms with van der Waals surface area (Å²) in [7, 11) is 1.06. The summed E-state index contributed by atoms with van der Waals surface area (Å²) in [6.07, 6.45) is 1.41. The third kappa shape index (κ3) is 14.0. The molecule has 2 unspecified atom stereocenters. The molecule has 12 aromatic rings. The zero-order chi connectivity index (χ0) is 101. The number of aromatic nitrogens is 4. The lowest BCUT2D eigenvalue weighted by molar-refractivity contribution is 0.376. The van der Waals surface area contributed by atoms with Crippen LogP contribution in [0.5, 0.6) is 0 Å². The van der Waals surface area contributed by atoms with Gasteiger partial charge in [0.15, 0.2) is 186 Å². The molecule has 1 saturated heterocycles. The van der Waals surface area contributed by atoms with E-state index in [4.69, 9.17) is 0 Å². The Bertz CT molecular complexity index is 8220. The monoisotopic (exact) mass is 2010 g/mol. The minimum atomic E-state index is -3.06. The zero-order valence-corrected chi connectivity index (χ0v) is 67.0. The number of nitrogens with zero attached hydrogens (tertiary/aromatic N) is 5. The predicted molar refractivity (Wildman–Crippen MR) is 407 cm³/mol. The first kappa shape index (κ1) is 94.7. The number of hydrogen-bond donors (Lipinski definition) is 4. The van der Waals surface area contributed by atoms with Gasteiger partial charge in [-0.1, -0.05) is 0 Å². The standard InChI is InChI=1S/C91H27F40N9/c1-140-16-18-19(17-140)91-41(49-64(106)80(122)89(131)81(123)65(49)107)33-15-13-31(138-33)39(47-60(102)76(118)87(129)77(119)61(47)103)29-11-9-27(136-29)37(45-56(98)72(114)85(127)73(115)57(45)99)25-7-5-23(134-25)35(43-52(94)68(110)83(125)69(111)53(43)95)21-3-2-20(132-21)34(42-50(92)66(108)82(124)67(109)51(42)93)22-4-6-24(133-22)36(44-54(96)70(112)84(126)71(113)55(44)97)26-8-10-28(135-26)38(46-58(100)74(116)86(128)75(117)59(46)101)30-12-14-32(137-30)40(90(18)139-91)48-62(104)78(120)88(130)79(121)63(48)105/h2-15,18-19,133-134,137-138H,16-17H2,1H3. The predicted octanol–water partition coefficient (Wildman–Crippen LogP) is 21.2. The highest BCUT2D eigenvalue weighted by atomic mass is 19.2. The molecule has 0 aliphatic carbocycles. The number of nitrogens with one attached hydrogen (secondary N) is 4. The molecular formula is C91H27F40N9. The van der Waals surface area contributed by atoms with Crippen LogP contribution in [0.15, 0.2) is 128 Å². The van der Waals surface area contributed by atoms with Gasteiger partial charge in [0, 0.05) is 114 Å². The van der Waals surface area contributed by atoms with Gasteiger partial charge in [0.05, 0.1) is 90.1 Å². The van der Waals surface area contributed by atoms with Crippen LogP contribution in [-0.4, -0.2) is 67.8 Å². The summed E-state index contributed by atoms with van der Waals surface area (Å²) in [5.41, 5.74) is -50.4. The van der Waals surface area contributed by atoms with E-state index in [0.717, 1.165) is 11.9 Å². The zero-order valence-electron chi connectivity index (χ0n) is 67.0. The lowest BCUT2D eigenvalue weighted by Gasteiger charge is -2.18. The maximum absolute atomic E-state index is 17.3. The van der Waals surface area contributed by atoms with E-state index in [1.165, 1.54) is 0 Å². The maximum atomic E-state index is 17.3. The third-order valence-electron chi connectivity index (χ3n) is 23.0. The van der Waals surface area contributed by atoms with Crippen molar-refractivity contribution >= 4 is 67.4 Å². The number of fused-ring (bicyclic) bond motifs is 15. The Hall–Kier alpha value is -15.6. The fourth-order valence-electron chi connectivity index (χ4n) is 16.8. The summed E-state index contributed by atoms with van der Waals surface area (Å²) in [6.45, 7) is -1.70. The molecule has 4 N–H and O–H groups in total. The molecule has 6 aliphatic heterocycles. The Morgan fingerprint density at radius 1 is 0.193 bits per heavy atom. The van der Waals surface area contributed by atoms with E-state index in [-0.39, 0.29) is 60.7 Å². The molecule has 9 nitrogen and oxygen atoms in total. The van der Waals surface area contributed by atoms with Gasteiger partial charge in [0.25, 0.3) is 0 Å². The Labute approximate surface area is 746 Å². The fourth-order valence-corrected chi connectivity index (χ4v) is 16.8. The summed E-state index contributed by atoms with van der Waals surface area (Å²) in [6, 6.07) is 2.25. The number of allylic oxidation sites excluding steroid dienone is 6. The number of aliphatic imine (C=N–C) groups is 4. The Balaban J connectivity index is 1.07. The average molecular weight is 2010 g/mol. The maximum Gasteiger partial charge on any atom is 0.200 e. The molecule has 8 aromatic carbocycles. The van der Waals surface area contributed by atoms with Crippen LogP contribution in [0, 0.1) is 245 Å². The van der Waals surface area contributed by atoms with Crippen LogP contribution < -0.4 is 21.4 Å². The van der Waals surface area contributed by atoms with Gasteiger partial charge in [-0.05, 0) is 92.0 Å². The van der Waals surface area contributed by atoms with Gasteiger partial charge in [-0.2, -0.15) is 0 Å². The summed E-state index contributed by atoms with van der Waals surface area (Å²) < 4.78 is 652. The second-order valence-corrected chi connectivity index (χ2v) is 30.7. The van der Waals surface area contributed by atoms with Gasteiger partial charge >= 0.3 is 0 Å². The van der Waals surface area contributed by atoms with Crippen molar-refractivity contribution in [2.24, 2.45) is 31.8 Å². The molecule has 0 amide bonds. The van der Waals surface area contributed by atoms with Crippen molar-refractivity contribution in [3.63, 3.8) is 0 Å². The average Bonchev–Trinajstić information content (AvgIpc) is 1.57. The van der Waals surface area contributed by atoms with Crippen LogP contribution in [0.4, 0.5) is 176 Å². The molecule has 716 valence electrons. The normalized spacial score (nSPS) is 16.3. The van der Waals surface area contributed by atoms with Gasteiger partial charge in [-0.25, -0.2) is 191 Å². The van der Waals surface area contributed by atoms with E-state index in [1.807, 2.05) is 9.97 Å². The van der Waals surface area contributed by atoms with Crippen molar-refractivity contribution in [3.05, 3.63) is 429 Å². The topological polar surface area (TPSA) is 116 Å². The van der Waals surface area contributed by atoms with Crippen LogP contribution >= 0.6 is 0 Å². The van der Waals surface area contributed by atoms with Crippen molar-refractivity contribution < 1.29 is 176 Å². The molecule has 0 saturated carbocycles. The van der Waals surface area contributed by atoms with E-state index in [1.54, 1.807) is 0 Å². The molecule has 10 heterocycles. The van der Waals surface area contributed by atoms with Gasteiger partial charge < -0.3 is 24.8 Å². The minimum Gasteiger partial charge on any atom is -0.354 e. The van der Waals surface area contributed by atoms with Crippen molar-refractivity contribution in [3.8, 4) is 0 Å². The lowest BCUT2D eigenvalue weighted by atomic mass is 9.84. The highest BCUT2D eigenvalue weighted by molar-refractivity contribution is 6.33. The minimum absolute atomic E-state index is 0.224. The van der Waals surface area contributed by atoms with E-state index >= 15 is 176 Å². The van der Waals surface area contributed by atoms with E-state index < -0.39 is 437 Å². The molecule has 16 bridgehead atoms. The van der Waals surface area contributed by atoms with Crippen molar-refractivity contribution in [2.75, 3.05) is 20.1 Å². The first-order valence-electron chi connectivity index (χ1n) is 38.5. The number of likely N-dealkylation sites (tertiary alicyclic amines) is 1. The number of hydrogen-bond acceptors (Lipinski definition) is 5. The number of aromatic amines is 4. The van der Waals surface area contributed by atoms with Gasteiger partial charge in [0.2, 0.25) is 46.5 Å². The molecule has 1 fully saturated rings.